The second-order valence-corrected chi connectivity index (χ2v) is 6.91. The number of aliphatic hydroxyl groups excluding tert-OH is 1. The van der Waals surface area contributed by atoms with Crippen molar-refractivity contribution in [3.63, 3.8) is 0 Å². The molecule has 0 aliphatic heterocycles. The number of nitrogens with zero attached hydrogens (tertiary/aromatic N) is 4. The highest BCUT2D eigenvalue weighted by Gasteiger charge is 2.28. The number of aromatic nitrogens is 4. The Morgan fingerprint density at radius 3 is 2.68 bits per heavy atom. The molecule has 0 bridgehead atoms. The van der Waals surface area contributed by atoms with Gasteiger partial charge < -0.3 is 15.4 Å². The molecular weight excluding hydrogens is 314 g/mol. The number of nitrogen functional groups attached to an aromatic ring is 1. The van der Waals surface area contributed by atoms with E-state index in [-0.39, 0.29) is 6.61 Å². The van der Waals surface area contributed by atoms with Crippen molar-refractivity contribution in [3.8, 4) is 11.4 Å². The molecule has 1 aliphatic carbocycles. The van der Waals surface area contributed by atoms with Crippen LogP contribution in [0.3, 0.4) is 0 Å². The average Bonchev–Trinajstić information content (AvgIpc) is 3.14. The lowest BCUT2D eigenvalue weighted by Gasteiger charge is -2.20. The fourth-order valence-corrected chi connectivity index (χ4v) is 4.02. The van der Waals surface area contributed by atoms with Crippen molar-refractivity contribution in [1.82, 2.24) is 19.3 Å². The van der Waals surface area contributed by atoms with Crippen LogP contribution >= 0.6 is 0 Å². The summed E-state index contributed by atoms with van der Waals surface area (Å²) in [6, 6.07) is 8.11. The number of benzene rings is 1. The summed E-state index contributed by atoms with van der Waals surface area (Å²) >= 11 is 0. The first-order chi connectivity index (χ1) is 12.2. The molecule has 0 unspecified atom stereocenters. The number of aliphatic hydroxyl groups is 1. The molecule has 3 aromatic rings. The number of fused-ring (bicyclic) bond motifs is 1. The summed E-state index contributed by atoms with van der Waals surface area (Å²) in [5.74, 6) is 1.89. The summed E-state index contributed by atoms with van der Waals surface area (Å²) in [5, 5.41) is 14.1. The van der Waals surface area contributed by atoms with Gasteiger partial charge in [-0.2, -0.15) is 5.10 Å². The van der Waals surface area contributed by atoms with Gasteiger partial charge in [0.2, 0.25) is 0 Å². The third kappa shape index (κ3) is 2.70. The highest BCUT2D eigenvalue weighted by Crippen LogP contribution is 2.40. The quantitative estimate of drug-likeness (QED) is 0.765. The van der Waals surface area contributed by atoms with Crippen LogP contribution in [-0.4, -0.2) is 31.0 Å². The molecule has 1 aliphatic rings. The van der Waals surface area contributed by atoms with Crippen LogP contribution in [0, 0.1) is 0 Å². The van der Waals surface area contributed by atoms with E-state index in [0.717, 1.165) is 41.0 Å². The Kier molecular flexibility index (Phi) is 4.21. The largest absolute Gasteiger partial charge is 0.394 e. The summed E-state index contributed by atoms with van der Waals surface area (Å²) < 4.78 is 3.83. The Labute approximate surface area is 147 Å². The number of imidazole rings is 1. The smallest absolute Gasteiger partial charge is 0.146 e. The fraction of sp³-hybridized carbons (Fsp3) is 0.474. The van der Waals surface area contributed by atoms with Gasteiger partial charge in [0.1, 0.15) is 11.6 Å². The van der Waals surface area contributed by atoms with E-state index in [1.54, 1.807) is 4.68 Å². The topological polar surface area (TPSA) is 81.9 Å². The monoisotopic (exact) mass is 339 g/mol. The van der Waals surface area contributed by atoms with Crippen LogP contribution in [0.15, 0.2) is 24.3 Å². The van der Waals surface area contributed by atoms with E-state index in [2.05, 4.69) is 10.6 Å². The van der Waals surface area contributed by atoms with Gasteiger partial charge >= 0.3 is 0 Å². The van der Waals surface area contributed by atoms with Crippen LogP contribution in [-0.2, 0) is 13.6 Å². The summed E-state index contributed by atoms with van der Waals surface area (Å²) in [6.45, 7) is 0.438. The summed E-state index contributed by atoms with van der Waals surface area (Å²) in [4.78, 5) is 4.84. The van der Waals surface area contributed by atoms with Gasteiger partial charge in [0.05, 0.1) is 35.4 Å². The van der Waals surface area contributed by atoms with Crippen LogP contribution in [0.4, 0.5) is 5.82 Å². The zero-order chi connectivity index (χ0) is 17.4. The van der Waals surface area contributed by atoms with Crippen LogP contribution in [0.2, 0.25) is 0 Å². The number of hydrogen-bond acceptors (Lipinski definition) is 4. The number of anilines is 1. The molecule has 0 amide bonds. The van der Waals surface area contributed by atoms with Crippen LogP contribution < -0.4 is 5.73 Å². The zero-order valence-corrected chi connectivity index (χ0v) is 14.6. The fourth-order valence-electron chi connectivity index (χ4n) is 4.02. The molecular formula is C19H25N5O. The minimum Gasteiger partial charge on any atom is -0.394 e. The molecule has 6 nitrogen and oxygen atoms in total. The molecule has 2 heterocycles. The summed E-state index contributed by atoms with van der Waals surface area (Å²) in [6.07, 6.45) is 6.06. The molecule has 0 spiro atoms. The maximum absolute atomic E-state index is 9.36. The van der Waals surface area contributed by atoms with E-state index in [1.165, 1.54) is 19.3 Å². The number of nitrogens with two attached hydrogens (primary N) is 1. The predicted octanol–water partition coefficient (Wildman–Crippen LogP) is 3.06. The molecule has 0 radical (unpaired) electrons. The van der Waals surface area contributed by atoms with Crippen molar-refractivity contribution in [2.45, 2.75) is 44.6 Å². The van der Waals surface area contributed by atoms with Crippen molar-refractivity contribution >= 4 is 16.9 Å². The molecule has 4 rings (SSSR count). The van der Waals surface area contributed by atoms with Gasteiger partial charge in [0, 0.05) is 13.0 Å². The van der Waals surface area contributed by atoms with Crippen molar-refractivity contribution in [2.75, 3.05) is 12.3 Å². The van der Waals surface area contributed by atoms with E-state index in [4.69, 9.17) is 15.8 Å². The molecule has 0 atom stereocenters. The van der Waals surface area contributed by atoms with Gasteiger partial charge in [-0.1, -0.05) is 31.4 Å². The van der Waals surface area contributed by atoms with Crippen molar-refractivity contribution in [1.29, 1.82) is 0 Å². The van der Waals surface area contributed by atoms with E-state index in [1.807, 2.05) is 25.2 Å². The zero-order valence-electron chi connectivity index (χ0n) is 14.6. The van der Waals surface area contributed by atoms with Crippen molar-refractivity contribution < 1.29 is 5.11 Å². The second-order valence-electron chi connectivity index (χ2n) is 6.91. The van der Waals surface area contributed by atoms with Crippen LogP contribution in [0.5, 0.6) is 0 Å². The van der Waals surface area contributed by atoms with Crippen LogP contribution in [0.1, 0.15) is 43.7 Å². The Bertz CT molecular complexity index is 889. The molecule has 1 fully saturated rings. The third-order valence-corrected chi connectivity index (χ3v) is 5.33. The van der Waals surface area contributed by atoms with Gasteiger partial charge in [-0.15, -0.1) is 0 Å². The molecule has 1 aromatic carbocycles. The SMILES string of the molecule is Cn1c(-c2c(C3CCCCC3)nn(CCO)c2N)nc2ccccc21. The highest BCUT2D eigenvalue weighted by molar-refractivity contribution is 5.84. The minimum atomic E-state index is 0.0258. The maximum atomic E-state index is 9.36. The van der Waals surface area contributed by atoms with Gasteiger partial charge in [0.25, 0.3) is 0 Å². The maximum Gasteiger partial charge on any atom is 0.146 e. The number of aryl methyl sites for hydroxylation is 1. The molecule has 0 saturated heterocycles. The van der Waals surface area contributed by atoms with E-state index in [0.29, 0.717) is 18.3 Å². The minimum absolute atomic E-state index is 0.0258. The lowest BCUT2D eigenvalue weighted by molar-refractivity contribution is 0.269. The molecule has 25 heavy (non-hydrogen) atoms. The van der Waals surface area contributed by atoms with Gasteiger partial charge in [-0.05, 0) is 25.0 Å². The van der Waals surface area contributed by atoms with Gasteiger partial charge in [-0.3, -0.25) is 0 Å². The Balaban J connectivity index is 1.90. The first-order valence-electron chi connectivity index (χ1n) is 9.09. The summed E-state index contributed by atoms with van der Waals surface area (Å²) in [5.41, 5.74) is 10.5. The van der Waals surface area contributed by atoms with E-state index < -0.39 is 0 Å². The number of para-hydroxylation sites is 2. The molecule has 3 N–H and O–H groups in total. The normalized spacial score (nSPS) is 15.9. The van der Waals surface area contributed by atoms with Crippen molar-refractivity contribution in [2.24, 2.45) is 7.05 Å². The Morgan fingerprint density at radius 1 is 1.20 bits per heavy atom. The molecule has 2 aromatic heterocycles. The lowest BCUT2D eigenvalue weighted by Crippen LogP contribution is -2.09. The Morgan fingerprint density at radius 2 is 1.96 bits per heavy atom. The Hall–Kier alpha value is -2.34. The standard InChI is InChI=1S/C19H25N5O/c1-23-15-10-6-5-9-14(15)21-19(23)16-17(13-7-3-2-4-8-13)22-24(11-12-25)18(16)20/h5-6,9-10,13,25H,2-4,7-8,11-12,20H2,1H3. The summed E-state index contributed by atoms with van der Waals surface area (Å²) in [7, 11) is 2.03. The van der Waals surface area contributed by atoms with Crippen molar-refractivity contribution in [3.05, 3.63) is 30.0 Å². The highest BCUT2D eigenvalue weighted by atomic mass is 16.3. The second kappa shape index (κ2) is 6.52. The molecule has 1 saturated carbocycles. The first kappa shape index (κ1) is 16.1. The first-order valence-corrected chi connectivity index (χ1v) is 9.09. The average molecular weight is 339 g/mol. The van der Waals surface area contributed by atoms with E-state index in [9.17, 15) is 5.11 Å². The van der Waals surface area contributed by atoms with Gasteiger partial charge in [-0.25, -0.2) is 9.67 Å². The van der Waals surface area contributed by atoms with Gasteiger partial charge in [0.15, 0.2) is 0 Å². The molecule has 132 valence electrons. The number of rotatable bonds is 4. The lowest BCUT2D eigenvalue weighted by atomic mass is 9.85. The third-order valence-electron chi connectivity index (χ3n) is 5.33. The predicted molar refractivity (Wildman–Crippen MR) is 99.3 cm³/mol. The van der Waals surface area contributed by atoms with E-state index >= 15 is 0 Å². The van der Waals surface area contributed by atoms with Crippen LogP contribution in [0.25, 0.3) is 22.4 Å². The number of hydrogen-bond donors (Lipinski definition) is 2. The molecule has 6 heteroatoms.